The quantitative estimate of drug-likeness (QED) is 0.691. The molecule has 4 aliphatic carbocycles. The van der Waals surface area contributed by atoms with Crippen LogP contribution < -0.4 is 0 Å². The molecule has 5 heteroatoms. The van der Waals surface area contributed by atoms with Crippen LogP contribution in [0.5, 0.6) is 0 Å². The highest BCUT2D eigenvalue weighted by Crippen LogP contribution is 2.62. The summed E-state index contributed by atoms with van der Waals surface area (Å²) < 4.78 is 11.6. The van der Waals surface area contributed by atoms with Crippen molar-refractivity contribution < 1.29 is 23.9 Å². The third-order valence-electron chi connectivity index (χ3n) is 7.78. The lowest BCUT2D eigenvalue weighted by Crippen LogP contribution is -2.55. The van der Waals surface area contributed by atoms with Crippen LogP contribution in [0, 0.1) is 29.1 Å². The summed E-state index contributed by atoms with van der Waals surface area (Å²) in [6.45, 7) is 5.18. The van der Waals surface area contributed by atoms with Gasteiger partial charge in [-0.25, -0.2) is 0 Å². The van der Waals surface area contributed by atoms with Crippen LogP contribution in [0.1, 0.15) is 65.7 Å². The van der Waals surface area contributed by atoms with Crippen molar-refractivity contribution in [2.75, 3.05) is 0 Å². The van der Waals surface area contributed by atoms with Crippen LogP contribution in [0.25, 0.3) is 0 Å². The molecule has 0 N–H and O–H groups in total. The van der Waals surface area contributed by atoms with Gasteiger partial charge in [-0.05, 0) is 62.4 Å². The molecule has 4 aliphatic rings. The summed E-state index contributed by atoms with van der Waals surface area (Å²) >= 11 is 0. The van der Waals surface area contributed by atoms with E-state index in [2.05, 4.69) is 6.92 Å². The number of hydrogen-bond donors (Lipinski definition) is 0. The highest BCUT2D eigenvalue weighted by molar-refractivity contribution is 5.91. The monoisotopic (exact) mass is 374 g/mol. The van der Waals surface area contributed by atoms with Gasteiger partial charge in [0, 0.05) is 31.6 Å². The largest absolute Gasteiger partial charge is 0.462 e. The molecule has 3 saturated carbocycles. The molecule has 0 saturated heterocycles. The first kappa shape index (κ1) is 18.7. The number of allylic oxidation sites excluding steroid dienone is 1. The molecule has 0 bridgehead atoms. The molecule has 0 unspecified atom stereocenters. The number of carbonyl (C=O) groups is 3. The zero-order chi connectivity index (χ0) is 19.3. The molecule has 0 heterocycles. The summed E-state index contributed by atoms with van der Waals surface area (Å²) in [7, 11) is 0. The Hall–Kier alpha value is -1.65. The van der Waals surface area contributed by atoms with Gasteiger partial charge >= 0.3 is 11.9 Å². The number of esters is 2. The Morgan fingerprint density at radius 3 is 2.48 bits per heavy atom. The van der Waals surface area contributed by atoms with Gasteiger partial charge in [0.05, 0.1) is 0 Å². The standard InChI is InChI=1S/C22H30O5/c1-12(23)26-19-11-22(3)18(8-9-20(22)27-13(2)24)17-6-4-14-10-15(25)5-7-16(14)21(17)19/h10,16-21H,4-9,11H2,1-3H3/t16-,17-,18+,19+,20-,21-,22-/m0/s1. The van der Waals surface area contributed by atoms with Gasteiger partial charge in [0.15, 0.2) is 5.78 Å². The minimum absolute atomic E-state index is 0.0936. The Morgan fingerprint density at radius 1 is 1.04 bits per heavy atom. The molecule has 0 radical (unpaired) electrons. The third-order valence-corrected chi connectivity index (χ3v) is 7.78. The summed E-state index contributed by atoms with van der Waals surface area (Å²) in [5.74, 6) is 1.35. The van der Waals surface area contributed by atoms with Gasteiger partial charge in [0.25, 0.3) is 0 Å². The Labute approximate surface area is 160 Å². The van der Waals surface area contributed by atoms with Gasteiger partial charge in [-0.2, -0.15) is 0 Å². The van der Waals surface area contributed by atoms with Gasteiger partial charge in [-0.1, -0.05) is 12.5 Å². The van der Waals surface area contributed by atoms with E-state index in [4.69, 9.17) is 9.47 Å². The first-order valence-electron chi connectivity index (χ1n) is 10.4. The predicted molar refractivity (Wildman–Crippen MR) is 98.6 cm³/mol. The van der Waals surface area contributed by atoms with Crippen molar-refractivity contribution in [3.05, 3.63) is 11.6 Å². The van der Waals surface area contributed by atoms with Gasteiger partial charge < -0.3 is 9.47 Å². The highest BCUT2D eigenvalue weighted by Gasteiger charge is 2.61. The van der Waals surface area contributed by atoms with E-state index in [0.717, 1.165) is 38.5 Å². The van der Waals surface area contributed by atoms with Crippen molar-refractivity contribution in [1.82, 2.24) is 0 Å². The van der Waals surface area contributed by atoms with Gasteiger partial charge in [0.2, 0.25) is 0 Å². The molecule has 27 heavy (non-hydrogen) atoms. The lowest BCUT2D eigenvalue weighted by molar-refractivity contribution is -0.179. The van der Waals surface area contributed by atoms with Crippen LogP contribution in [0.4, 0.5) is 0 Å². The minimum atomic E-state index is -0.245. The van der Waals surface area contributed by atoms with E-state index in [1.165, 1.54) is 19.4 Å². The SMILES string of the molecule is CC(=O)O[C@H]1CC[C@@H]2[C@@H]3CCC4=CC(=O)CC[C@@H]4[C@@H]3[C@H](OC(C)=O)C[C@]12C. The normalized spacial score (nSPS) is 43.1. The summed E-state index contributed by atoms with van der Waals surface area (Å²) in [4.78, 5) is 35.4. The van der Waals surface area contributed by atoms with Crippen LogP contribution in [0.15, 0.2) is 11.6 Å². The van der Waals surface area contributed by atoms with E-state index in [1.54, 1.807) is 0 Å². The average Bonchev–Trinajstić information content (AvgIpc) is 2.89. The Morgan fingerprint density at radius 2 is 1.78 bits per heavy atom. The van der Waals surface area contributed by atoms with Crippen LogP contribution in [-0.4, -0.2) is 29.9 Å². The van der Waals surface area contributed by atoms with Crippen LogP contribution in [0.2, 0.25) is 0 Å². The number of hydrogen-bond acceptors (Lipinski definition) is 5. The fourth-order valence-electron chi connectivity index (χ4n) is 6.91. The van der Waals surface area contributed by atoms with Crippen LogP contribution >= 0.6 is 0 Å². The predicted octanol–water partition coefficient (Wildman–Crippen LogP) is 3.60. The maximum atomic E-state index is 11.9. The van der Waals surface area contributed by atoms with Crippen molar-refractivity contribution in [3.63, 3.8) is 0 Å². The number of ether oxygens (including phenoxy) is 2. The molecule has 4 rings (SSSR count). The van der Waals surface area contributed by atoms with Gasteiger partial charge in [0.1, 0.15) is 12.2 Å². The van der Waals surface area contributed by atoms with E-state index in [-0.39, 0.29) is 41.3 Å². The molecule has 5 nitrogen and oxygen atoms in total. The molecule has 7 atom stereocenters. The molecular weight excluding hydrogens is 344 g/mol. The maximum absolute atomic E-state index is 11.9. The van der Waals surface area contributed by atoms with Crippen LogP contribution in [-0.2, 0) is 23.9 Å². The second kappa shape index (κ2) is 6.75. The lowest BCUT2D eigenvalue weighted by Gasteiger charge is -2.56. The lowest BCUT2D eigenvalue weighted by atomic mass is 9.51. The van der Waals surface area contributed by atoms with Crippen molar-refractivity contribution in [2.24, 2.45) is 29.1 Å². The first-order valence-corrected chi connectivity index (χ1v) is 10.4. The molecule has 3 fully saturated rings. The van der Waals surface area contributed by atoms with Crippen molar-refractivity contribution in [2.45, 2.75) is 77.9 Å². The summed E-state index contributed by atoms with van der Waals surface area (Å²) in [6.07, 6.45) is 7.78. The van der Waals surface area contributed by atoms with E-state index in [9.17, 15) is 14.4 Å². The van der Waals surface area contributed by atoms with Crippen molar-refractivity contribution in [1.29, 1.82) is 0 Å². The summed E-state index contributed by atoms with van der Waals surface area (Å²) in [6, 6.07) is 0. The van der Waals surface area contributed by atoms with E-state index < -0.39 is 0 Å². The number of ketones is 1. The summed E-state index contributed by atoms with van der Waals surface area (Å²) in [5.41, 5.74) is 1.13. The molecule has 0 aromatic heterocycles. The van der Waals surface area contributed by atoms with Gasteiger partial charge in [-0.15, -0.1) is 0 Å². The Kier molecular flexibility index (Phi) is 4.68. The zero-order valence-corrected chi connectivity index (χ0v) is 16.5. The zero-order valence-electron chi connectivity index (χ0n) is 16.5. The molecule has 0 aromatic rings. The number of fused-ring (bicyclic) bond motifs is 5. The first-order chi connectivity index (χ1) is 12.8. The second-order valence-electron chi connectivity index (χ2n) is 9.25. The molecular formula is C22H30O5. The highest BCUT2D eigenvalue weighted by atomic mass is 16.5. The smallest absolute Gasteiger partial charge is 0.302 e. The van der Waals surface area contributed by atoms with Crippen molar-refractivity contribution >= 4 is 17.7 Å². The average molecular weight is 374 g/mol. The summed E-state index contributed by atoms with van der Waals surface area (Å²) in [5, 5.41) is 0. The third kappa shape index (κ3) is 3.13. The van der Waals surface area contributed by atoms with Crippen LogP contribution in [0.3, 0.4) is 0 Å². The van der Waals surface area contributed by atoms with E-state index in [0.29, 0.717) is 24.2 Å². The molecule has 0 spiro atoms. The van der Waals surface area contributed by atoms with E-state index in [1.807, 2.05) is 6.08 Å². The molecule has 0 amide bonds. The molecule has 0 aliphatic heterocycles. The van der Waals surface area contributed by atoms with Crippen molar-refractivity contribution in [3.8, 4) is 0 Å². The minimum Gasteiger partial charge on any atom is -0.462 e. The Bertz CT molecular complexity index is 695. The number of rotatable bonds is 2. The maximum Gasteiger partial charge on any atom is 0.302 e. The number of carbonyl (C=O) groups excluding carboxylic acids is 3. The van der Waals surface area contributed by atoms with Gasteiger partial charge in [-0.3, -0.25) is 14.4 Å². The molecule has 148 valence electrons. The second-order valence-corrected chi connectivity index (χ2v) is 9.25. The molecule has 0 aromatic carbocycles. The fraction of sp³-hybridized carbons (Fsp3) is 0.773. The Balaban J connectivity index is 1.68. The topological polar surface area (TPSA) is 69.7 Å². The van der Waals surface area contributed by atoms with E-state index >= 15 is 0 Å². The fourth-order valence-corrected chi connectivity index (χ4v) is 6.91.